The van der Waals surface area contributed by atoms with Crippen LogP contribution in [0.25, 0.3) is 0 Å². The van der Waals surface area contributed by atoms with Crippen molar-refractivity contribution >= 4 is 0 Å². The Kier molecular flexibility index (Phi) is 2.97. The predicted molar refractivity (Wildman–Crippen MR) is 52.5 cm³/mol. The second-order valence-electron chi connectivity index (χ2n) is 5.08. The van der Waals surface area contributed by atoms with E-state index in [1.807, 2.05) is 0 Å². The first kappa shape index (κ1) is 11.2. The summed E-state index contributed by atoms with van der Waals surface area (Å²) in [6.45, 7) is 1.79. The normalized spacial score (nSPS) is 31.8. The van der Waals surface area contributed by atoms with E-state index in [4.69, 9.17) is 0 Å². The van der Waals surface area contributed by atoms with Gasteiger partial charge in [-0.15, -0.1) is 0 Å². The van der Waals surface area contributed by atoms with E-state index in [9.17, 15) is 13.2 Å². The molecule has 15 heavy (non-hydrogen) atoms. The molecule has 1 unspecified atom stereocenters. The molecule has 2 rings (SSSR count). The Hall–Kier alpha value is -0.250. The van der Waals surface area contributed by atoms with E-state index in [-0.39, 0.29) is 5.41 Å². The van der Waals surface area contributed by atoms with Gasteiger partial charge in [0.1, 0.15) is 0 Å². The number of piperidine rings is 1. The van der Waals surface area contributed by atoms with Crippen molar-refractivity contribution in [3.05, 3.63) is 0 Å². The lowest BCUT2D eigenvalue weighted by molar-refractivity contribution is -0.193. The maximum atomic E-state index is 12.7. The van der Waals surface area contributed by atoms with Gasteiger partial charge in [-0.05, 0) is 50.6 Å². The molecule has 0 amide bonds. The molecule has 88 valence electrons. The van der Waals surface area contributed by atoms with Gasteiger partial charge in [0.05, 0.1) is 5.92 Å². The van der Waals surface area contributed by atoms with Crippen LogP contribution in [-0.2, 0) is 0 Å². The lowest BCUT2D eigenvalue weighted by Crippen LogP contribution is -2.42. The van der Waals surface area contributed by atoms with Gasteiger partial charge in [0.2, 0.25) is 0 Å². The molecule has 2 aliphatic rings. The van der Waals surface area contributed by atoms with Crippen molar-refractivity contribution in [2.24, 2.45) is 11.3 Å². The maximum absolute atomic E-state index is 12.7. The molecule has 1 saturated carbocycles. The summed E-state index contributed by atoms with van der Waals surface area (Å²) in [7, 11) is 0. The fraction of sp³-hybridized carbons (Fsp3) is 1.00. The first-order valence-electron chi connectivity index (χ1n) is 5.79. The van der Waals surface area contributed by atoms with Gasteiger partial charge in [-0.1, -0.05) is 6.42 Å². The Morgan fingerprint density at radius 3 is 2.33 bits per heavy atom. The molecule has 1 nitrogen and oxygen atoms in total. The second-order valence-corrected chi connectivity index (χ2v) is 5.08. The van der Waals surface area contributed by atoms with Crippen LogP contribution in [0.2, 0.25) is 0 Å². The van der Waals surface area contributed by atoms with Gasteiger partial charge < -0.3 is 5.32 Å². The molecule has 2 fully saturated rings. The van der Waals surface area contributed by atoms with Crippen LogP contribution in [0.4, 0.5) is 13.2 Å². The summed E-state index contributed by atoms with van der Waals surface area (Å²) in [5.74, 6) is -1.04. The van der Waals surface area contributed by atoms with Gasteiger partial charge in [-0.2, -0.15) is 13.2 Å². The first-order valence-corrected chi connectivity index (χ1v) is 5.79. The predicted octanol–water partition coefficient (Wildman–Crippen LogP) is 3.11. The summed E-state index contributed by atoms with van der Waals surface area (Å²) in [6.07, 6.45) is 0.361. The lowest BCUT2D eigenvalue weighted by atomic mass is 9.65. The molecule has 0 aromatic heterocycles. The Balaban J connectivity index is 2.02. The molecule has 1 aliphatic carbocycles. The quantitative estimate of drug-likeness (QED) is 0.662. The van der Waals surface area contributed by atoms with E-state index in [1.54, 1.807) is 0 Å². The average molecular weight is 221 g/mol. The van der Waals surface area contributed by atoms with Crippen LogP contribution in [0.15, 0.2) is 0 Å². The lowest BCUT2D eigenvalue weighted by Gasteiger charge is -2.44. The summed E-state index contributed by atoms with van der Waals surface area (Å²) in [6, 6.07) is 0. The minimum Gasteiger partial charge on any atom is -0.317 e. The molecular formula is C11H18F3N. The van der Waals surface area contributed by atoms with E-state index >= 15 is 0 Å². The molecular weight excluding hydrogens is 203 g/mol. The fourth-order valence-corrected chi connectivity index (χ4v) is 3.14. The highest BCUT2D eigenvalue weighted by molar-refractivity contribution is 4.91. The maximum Gasteiger partial charge on any atom is 0.391 e. The van der Waals surface area contributed by atoms with Crippen LogP contribution in [-0.4, -0.2) is 19.3 Å². The van der Waals surface area contributed by atoms with E-state index < -0.39 is 12.1 Å². The van der Waals surface area contributed by atoms with Gasteiger partial charge in [0.25, 0.3) is 0 Å². The third kappa shape index (κ3) is 2.47. The number of hydrogen-bond donors (Lipinski definition) is 1. The third-order valence-corrected chi connectivity index (χ3v) is 4.07. The molecule has 0 radical (unpaired) electrons. The molecule has 0 bridgehead atoms. The number of rotatable bonds is 0. The van der Waals surface area contributed by atoms with Crippen molar-refractivity contribution in [2.45, 2.75) is 44.7 Å². The van der Waals surface area contributed by atoms with Gasteiger partial charge >= 0.3 is 6.18 Å². The minimum atomic E-state index is -3.97. The van der Waals surface area contributed by atoms with E-state index in [1.165, 1.54) is 0 Å². The van der Waals surface area contributed by atoms with Crippen molar-refractivity contribution < 1.29 is 13.2 Å². The van der Waals surface area contributed by atoms with Crippen molar-refractivity contribution in [3.63, 3.8) is 0 Å². The van der Waals surface area contributed by atoms with Crippen molar-refractivity contribution in [2.75, 3.05) is 13.1 Å². The topological polar surface area (TPSA) is 12.0 Å². The fourth-order valence-electron chi connectivity index (χ4n) is 3.14. The molecule has 1 spiro atoms. The van der Waals surface area contributed by atoms with Crippen molar-refractivity contribution in [1.82, 2.24) is 5.32 Å². The van der Waals surface area contributed by atoms with Gasteiger partial charge in [-0.3, -0.25) is 0 Å². The Morgan fingerprint density at radius 2 is 1.73 bits per heavy atom. The minimum absolute atomic E-state index is 0.00366. The third-order valence-electron chi connectivity index (χ3n) is 4.07. The SMILES string of the molecule is FC(F)(F)C1CCCC2(CCNCC2)C1. The highest BCUT2D eigenvalue weighted by atomic mass is 19.4. The molecule has 0 aromatic rings. The standard InChI is InChI=1S/C11H18F3N/c12-11(13,14)9-2-1-3-10(8-9)4-6-15-7-5-10/h9,15H,1-8H2. The summed E-state index contributed by atoms with van der Waals surface area (Å²) >= 11 is 0. The van der Waals surface area contributed by atoms with Crippen LogP contribution in [0.5, 0.6) is 0 Å². The monoisotopic (exact) mass is 221 g/mol. The van der Waals surface area contributed by atoms with Crippen molar-refractivity contribution in [1.29, 1.82) is 0 Å². The van der Waals surface area contributed by atoms with E-state index in [2.05, 4.69) is 5.32 Å². The van der Waals surface area contributed by atoms with Crippen LogP contribution >= 0.6 is 0 Å². The summed E-state index contributed by atoms with van der Waals surface area (Å²) < 4.78 is 38.0. The smallest absolute Gasteiger partial charge is 0.317 e. The molecule has 1 saturated heterocycles. The van der Waals surface area contributed by atoms with E-state index in [0.29, 0.717) is 12.8 Å². The molecule has 0 aromatic carbocycles. The molecule has 1 N–H and O–H groups in total. The highest BCUT2D eigenvalue weighted by Gasteiger charge is 2.47. The van der Waals surface area contributed by atoms with Crippen LogP contribution in [0, 0.1) is 11.3 Å². The van der Waals surface area contributed by atoms with Crippen molar-refractivity contribution in [3.8, 4) is 0 Å². The average Bonchev–Trinajstić information content (AvgIpc) is 2.18. The largest absolute Gasteiger partial charge is 0.391 e. The van der Waals surface area contributed by atoms with Crippen LogP contribution in [0.1, 0.15) is 38.5 Å². The van der Waals surface area contributed by atoms with Gasteiger partial charge in [0, 0.05) is 0 Å². The molecule has 1 aliphatic heterocycles. The van der Waals surface area contributed by atoms with Crippen LogP contribution < -0.4 is 5.32 Å². The molecule has 1 heterocycles. The number of nitrogens with one attached hydrogen (secondary N) is 1. The van der Waals surface area contributed by atoms with Crippen LogP contribution in [0.3, 0.4) is 0 Å². The highest BCUT2D eigenvalue weighted by Crippen LogP contribution is 2.49. The number of alkyl halides is 3. The summed E-state index contributed by atoms with van der Waals surface area (Å²) in [5.41, 5.74) is 0.00366. The Labute approximate surface area is 88.4 Å². The second kappa shape index (κ2) is 3.96. The van der Waals surface area contributed by atoms with Gasteiger partial charge in [0.15, 0.2) is 0 Å². The molecule has 1 atom stereocenters. The zero-order chi connectivity index (χ0) is 10.9. The zero-order valence-corrected chi connectivity index (χ0v) is 8.87. The Bertz CT molecular complexity index is 213. The number of hydrogen-bond acceptors (Lipinski definition) is 1. The summed E-state index contributed by atoms with van der Waals surface area (Å²) in [4.78, 5) is 0. The number of halogens is 3. The summed E-state index contributed by atoms with van der Waals surface area (Å²) in [5, 5.41) is 3.23. The van der Waals surface area contributed by atoms with E-state index in [0.717, 1.165) is 38.8 Å². The first-order chi connectivity index (χ1) is 7.02. The Morgan fingerprint density at radius 1 is 1.07 bits per heavy atom. The molecule has 4 heteroatoms. The zero-order valence-electron chi connectivity index (χ0n) is 8.87. The van der Waals surface area contributed by atoms with Gasteiger partial charge in [-0.25, -0.2) is 0 Å².